The molecule has 0 aliphatic carbocycles. The third-order valence-corrected chi connectivity index (χ3v) is 2.88. The molecule has 4 nitrogen and oxygen atoms in total. The zero-order valence-electron chi connectivity index (χ0n) is 11.1. The molecule has 0 fully saturated rings. The molecule has 2 rings (SSSR count). The van der Waals surface area contributed by atoms with Gasteiger partial charge in [0.2, 0.25) is 0 Å². The van der Waals surface area contributed by atoms with Crippen molar-refractivity contribution in [3.63, 3.8) is 0 Å². The van der Waals surface area contributed by atoms with Crippen molar-refractivity contribution in [1.82, 2.24) is 9.88 Å². The lowest BCUT2D eigenvalue weighted by atomic mass is 10.1. The van der Waals surface area contributed by atoms with Crippen molar-refractivity contribution in [2.75, 3.05) is 12.8 Å². The third-order valence-electron chi connectivity index (χ3n) is 2.88. The summed E-state index contributed by atoms with van der Waals surface area (Å²) in [7, 11) is 1.75. The lowest BCUT2D eigenvalue weighted by molar-refractivity contribution is 0.0784. The molecular weight excluding hydrogens is 238 g/mol. The highest BCUT2D eigenvalue weighted by molar-refractivity contribution is 5.98. The van der Waals surface area contributed by atoms with Crippen molar-refractivity contribution in [3.05, 3.63) is 59.4 Å². The van der Waals surface area contributed by atoms with Gasteiger partial charge in [-0.1, -0.05) is 18.2 Å². The van der Waals surface area contributed by atoms with Crippen molar-refractivity contribution in [3.8, 4) is 0 Å². The Labute approximate surface area is 112 Å². The zero-order valence-corrected chi connectivity index (χ0v) is 11.1. The van der Waals surface area contributed by atoms with Gasteiger partial charge in [0.15, 0.2) is 0 Å². The summed E-state index contributed by atoms with van der Waals surface area (Å²) in [6, 6.07) is 12.9. The Kier molecular flexibility index (Phi) is 3.80. The van der Waals surface area contributed by atoms with E-state index in [2.05, 4.69) is 4.98 Å². The predicted octanol–water partition coefficient (Wildman–Crippen LogP) is 2.24. The number of aromatic nitrogens is 1. The lowest BCUT2D eigenvalue weighted by Gasteiger charge is -2.18. The van der Waals surface area contributed by atoms with Gasteiger partial charge >= 0.3 is 0 Å². The zero-order chi connectivity index (χ0) is 13.8. The number of pyridine rings is 1. The number of carbonyl (C=O) groups is 1. The number of hydrogen-bond donors (Lipinski definition) is 1. The van der Waals surface area contributed by atoms with E-state index in [0.717, 1.165) is 11.4 Å². The number of carbonyl (C=O) groups excluding carboxylic acids is 1. The van der Waals surface area contributed by atoms with Crippen LogP contribution in [0.3, 0.4) is 0 Å². The molecule has 0 unspecified atom stereocenters. The number of nitrogen functional groups attached to an aromatic ring is 1. The number of amides is 1. The third kappa shape index (κ3) is 3.10. The summed E-state index contributed by atoms with van der Waals surface area (Å²) in [5.74, 6) is -0.0959. The van der Waals surface area contributed by atoms with Crippen LogP contribution in [0.15, 0.2) is 42.5 Å². The van der Waals surface area contributed by atoms with Crippen LogP contribution in [-0.4, -0.2) is 22.8 Å². The van der Waals surface area contributed by atoms with Crippen LogP contribution in [0.4, 0.5) is 5.69 Å². The molecule has 2 aromatic rings. The predicted molar refractivity (Wildman–Crippen MR) is 75.6 cm³/mol. The Bertz CT molecular complexity index is 595. The number of rotatable bonds is 3. The second-order valence-electron chi connectivity index (χ2n) is 4.52. The lowest BCUT2D eigenvalue weighted by Crippen LogP contribution is -2.27. The number of hydrogen-bond acceptors (Lipinski definition) is 3. The van der Waals surface area contributed by atoms with E-state index in [1.165, 1.54) is 0 Å². The quantitative estimate of drug-likeness (QED) is 0.856. The average molecular weight is 255 g/mol. The first kappa shape index (κ1) is 13.1. The highest BCUT2D eigenvalue weighted by atomic mass is 16.2. The molecule has 0 aliphatic rings. The van der Waals surface area contributed by atoms with Crippen LogP contribution in [0, 0.1) is 6.92 Å². The van der Waals surface area contributed by atoms with E-state index in [-0.39, 0.29) is 5.91 Å². The molecule has 0 atom stereocenters. The summed E-state index contributed by atoms with van der Waals surface area (Å²) in [5, 5.41) is 0. The molecule has 4 heteroatoms. The van der Waals surface area contributed by atoms with E-state index in [0.29, 0.717) is 17.8 Å². The molecule has 0 aliphatic heterocycles. The normalized spacial score (nSPS) is 10.2. The molecule has 1 heterocycles. The van der Waals surface area contributed by atoms with E-state index in [1.807, 2.05) is 37.3 Å². The van der Waals surface area contributed by atoms with Crippen LogP contribution in [0.5, 0.6) is 0 Å². The fourth-order valence-electron chi connectivity index (χ4n) is 1.90. The molecule has 1 amide bonds. The fourth-order valence-corrected chi connectivity index (χ4v) is 1.90. The van der Waals surface area contributed by atoms with Gasteiger partial charge in [-0.25, -0.2) is 0 Å². The second kappa shape index (κ2) is 5.52. The molecule has 0 bridgehead atoms. The van der Waals surface area contributed by atoms with Crippen LogP contribution in [-0.2, 0) is 6.54 Å². The summed E-state index contributed by atoms with van der Waals surface area (Å²) in [6.07, 6.45) is 0. The first-order valence-corrected chi connectivity index (χ1v) is 6.10. The maximum absolute atomic E-state index is 12.3. The van der Waals surface area contributed by atoms with Gasteiger partial charge in [0.25, 0.3) is 5.91 Å². The van der Waals surface area contributed by atoms with E-state index >= 15 is 0 Å². The van der Waals surface area contributed by atoms with Crippen molar-refractivity contribution in [1.29, 1.82) is 0 Å². The second-order valence-corrected chi connectivity index (χ2v) is 4.52. The van der Waals surface area contributed by atoms with Gasteiger partial charge in [-0.2, -0.15) is 0 Å². The van der Waals surface area contributed by atoms with Gasteiger partial charge in [0.1, 0.15) is 0 Å². The van der Waals surface area contributed by atoms with Gasteiger partial charge in [-0.3, -0.25) is 9.78 Å². The smallest absolute Gasteiger partial charge is 0.256 e. The Morgan fingerprint density at radius 1 is 1.21 bits per heavy atom. The molecule has 2 N–H and O–H groups in total. The number of nitrogens with two attached hydrogens (primary N) is 1. The molecule has 0 radical (unpaired) electrons. The first-order chi connectivity index (χ1) is 9.08. The molecular formula is C15H17N3O. The van der Waals surface area contributed by atoms with Crippen LogP contribution < -0.4 is 5.73 Å². The van der Waals surface area contributed by atoms with Gasteiger partial charge in [-0.05, 0) is 31.2 Å². The molecule has 98 valence electrons. The molecule has 1 aromatic heterocycles. The highest BCUT2D eigenvalue weighted by Gasteiger charge is 2.14. The maximum Gasteiger partial charge on any atom is 0.256 e. The minimum Gasteiger partial charge on any atom is -0.398 e. The van der Waals surface area contributed by atoms with Gasteiger partial charge in [0, 0.05) is 18.4 Å². The van der Waals surface area contributed by atoms with Crippen molar-refractivity contribution in [2.45, 2.75) is 13.5 Å². The van der Waals surface area contributed by atoms with Crippen molar-refractivity contribution in [2.24, 2.45) is 0 Å². The fraction of sp³-hybridized carbons (Fsp3) is 0.200. The molecule has 19 heavy (non-hydrogen) atoms. The maximum atomic E-state index is 12.3. The Morgan fingerprint density at radius 3 is 2.63 bits per heavy atom. The monoisotopic (exact) mass is 255 g/mol. The SMILES string of the molecule is Cc1cccc(CN(C)C(=O)c2ccccc2N)n1. The summed E-state index contributed by atoms with van der Waals surface area (Å²) in [4.78, 5) is 18.3. The summed E-state index contributed by atoms with van der Waals surface area (Å²) < 4.78 is 0. The first-order valence-electron chi connectivity index (χ1n) is 6.10. The summed E-state index contributed by atoms with van der Waals surface area (Å²) >= 11 is 0. The number of para-hydroxylation sites is 1. The summed E-state index contributed by atoms with van der Waals surface area (Å²) in [5.41, 5.74) is 8.64. The largest absolute Gasteiger partial charge is 0.398 e. The Morgan fingerprint density at radius 2 is 1.95 bits per heavy atom. The number of nitrogens with zero attached hydrogens (tertiary/aromatic N) is 2. The van der Waals surface area contributed by atoms with Gasteiger partial charge in [-0.15, -0.1) is 0 Å². The van der Waals surface area contributed by atoms with E-state index in [4.69, 9.17) is 5.73 Å². The van der Waals surface area contributed by atoms with Gasteiger partial charge in [0.05, 0.1) is 17.8 Å². The van der Waals surface area contributed by atoms with Crippen LogP contribution in [0.2, 0.25) is 0 Å². The standard InChI is InChI=1S/C15H17N3O/c1-11-6-5-7-12(17-11)10-18(2)15(19)13-8-3-4-9-14(13)16/h3-9H,10,16H2,1-2H3. The number of aryl methyl sites for hydroxylation is 1. The minimum atomic E-state index is -0.0959. The Balaban J connectivity index is 2.14. The van der Waals surface area contributed by atoms with Crippen LogP contribution in [0.25, 0.3) is 0 Å². The molecule has 1 aromatic carbocycles. The van der Waals surface area contributed by atoms with Crippen molar-refractivity contribution < 1.29 is 4.79 Å². The minimum absolute atomic E-state index is 0.0959. The topological polar surface area (TPSA) is 59.2 Å². The van der Waals surface area contributed by atoms with Crippen molar-refractivity contribution >= 4 is 11.6 Å². The Hall–Kier alpha value is -2.36. The highest BCUT2D eigenvalue weighted by Crippen LogP contribution is 2.14. The number of anilines is 1. The molecule has 0 spiro atoms. The molecule has 0 saturated carbocycles. The van der Waals surface area contributed by atoms with Crippen LogP contribution >= 0.6 is 0 Å². The number of benzene rings is 1. The molecule has 0 saturated heterocycles. The van der Waals surface area contributed by atoms with E-state index in [1.54, 1.807) is 24.1 Å². The summed E-state index contributed by atoms with van der Waals surface area (Å²) in [6.45, 7) is 2.40. The van der Waals surface area contributed by atoms with Gasteiger partial charge < -0.3 is 10.6 Å². The van der Waals surface area contributed by atoms with E-state index in [9.17, 15) is 4.79 Å². The average Bonchev–Trinajstić information content (AvgIpc) is 2.38. The van der Waals surface area contributed by atoms with Crippen LogP contribution in [0.1, 0.15) is 21.7 Å². The van der Waals surface area contributed by atoms with E-state index < -0.39 is 0 Å².